The van der Waals surface area contributed by atoms with Gasteiger partial charge >= 0.3 is 11.7 Å². The second kappa shape index (κ2) is 10.2. The van der Waals surface area contributed by atoms with Crippen molar-refractivity contribution in [2.45, 2.75) is 70.8 Å². The van der Waals surface area contributed by atoms with Gasteiger partial charge in [0.05, 0.1) is 13.2 Å². The van der Waals surface area contributed by atoms with Gasteiger partial charge in [0.25, 0.3) is 0 Å². The summed E-state index contributed by atoms with van der Waals surface area (Å²) in [6.45, 7) is 3.89. The van der Waals surface area contributed by atoms with Crippen molar-refractivity contribution in [3.63, 3.8) is 0 Å². The van der Waals surface area contributed by atoms with Crippen molar-refractivity contribution in [3.05, 3.63) is 34.5 Å². The van der Waals surface area contributed by atoms with Gasteiger partial charge in [0, 0.05) is 24.7 Å². The highest BCUT2D eigenvalue weighted by Crippen LogP contribution is 2.27. The second-order valence-electron chi connectivity index (χ2n) is 6.69. The van der Waals surface area contributed by atoms with Crippen LogP contribution >= 0.6 is 0 Å². The first-order valence-corrected chi connectivity index (χ1v) is 9.40. The summed E-state index contributed by atoms with van der Waals surface area (Å²) in [5.74, 6) is 0.240. The molecule has 2 heterocycles. The first-order chi connectivity index (χ1) is 12.9. The molecule has 150 valence electrons. The van der Waals surface area contributed by atoms with Crippen molar-refractivity contribution >= 4 is 11.8 Å². The fourth-order valence-electron chi connectivity index (χ4n) is 3.08. The van der Waals surface area contributed by atoms with Gasteiger partial charge in [-0.3, -0.25) is 9.36 Å². The maximum atomic E-state index is 12.3. The quantitative estimate of drug-likeness (QED) is 0.501. The Kier molecular flexibility index (Phi) is 7.99. The van der Waals surface area contributed by atoms with Crippen LogP contribution in [0.25, 0.3) is 0 Å². The summed E-state index contributed by atoms with van der Waals surface area (Å²) < 4.78 is 11.6. The van der Waals surface area contributed by atoms with Gasteiger partial charge in [-0.05, 0) is 38.7 Å². The molecule has 27 heavy (non-hydrogen) atoms. The van der Waals surface area contributed by atoms with Crippen LogP contribution in [-0.4, -0.2) is 39.9 Å². The zero-order valence-electron chi connectivity index (χ0n) is 16.2. The molecule has 3 unspecified atom stereocenters. The van der Waals surface area contributed by atoms with Crippen molar-refractivity contribution in [1.29, 1.82) is 0 Å². The van der Waals surface area contributed by atoms with Crippen molar-refractivity contribution in [2.24, 2.45) is 0 Å². The maximum absolute atomic E-state index is 12.3. The fourth-order valence-corrected chi connectivity index (χ4v) is 3.08. The molecule has 0 bridgehead atoms. The normalized spacial score (nSPS) is 22.7. The number of hydrogen-bond acceptors (Lipinski definition) is 7. The highest BCUT2D eigenvalue weighted by atomic mass is 16.5. The van der Waals surface area contributed by atoms with Crippen molar-refractivity contribution < 1.29 is 19.4 Å². The van der Waals surface area contributed by atoms with Crippen LogP contribution in [0.5, 0.6) is 0 Å². The lowest BCUT2D eigenvalue weighted by molar-refractivity contribution is -0.140. The zero-order chi connectivity index (χ0) is 19.8. The molecule has 0 aliphatic carbocycles. The third-order valence-electron chi connectivity index (χ3n) is 4.42. The monoisotopic (exact) mass is 379 g/mol. The predicted octanol–water partition coefficient (Wildman–Crippen LogP) is 2.35. The molecule has 0 amide bonds. The Morgan fingerprint density at radius 2 is 2.22 bits per heavy atom. The number of aliphatic hydroxyl groups excluding tert-OH is 1. The molecule has 8 nitrogen and oxygen atoms in total. The Morgan fingerprint density at radius 1 is 1.48 bits per heavy atom. The van der Waals surface area contributed by atoms with E-state index in [1.54, 1.807) is 12.3 Å². The molecule has 3 atom stereocenters. The van der Waals surface area contributed by atoms with E-state index in [0.717, 1.165) is 31.4 Å². The van der Waals surface area contributed by atoms with Gasteiger partial charge < -0.3 is 19.9 Å². The predicted molar refractivity (Wildman–Crippen MR) is 101 cm³/mol. The van der Waals surface area contributed by atoms with Gasteiger partial charge in [-0.25, -0.2) is 4.79 Å². The highest BCUT2D eigenvalue weighted by Gasteiger charge is 2.33. The van der Waals surface area contributed by atoms with Crippen molar-refractivity contribution in [3.8, 4) is 0 Å². The third-order valence-corrected chi connectivity index (χ3v) is 4.42. The van der Waals surface area contributed by atoms with Crippen LogP contribution in [0.2, 0.25) is 0 Å². The SMILES string of the molecule is CC/C=C(/CCCCC(=O)OC)Nc1ccn(C2OC(C)CC2O)c(=O)n1. The summed E-state index contributed by atoms with van der Waals surface area (Å²) >= 11 is 0. The summed E-state index contributed by atoms with van der Waals surface area (Å²) in [6, 6.07) is 1.69. The average Bonchev–Trinajstić information content (AvgIpc) is 2.96. The highest BCUT2D eigenvalue weighted by molar-refractivity contribution is 5.68. The molecule has 2 N–H and O–H groups in total. The van der Waals surface area contributed by atoms with E-state index < -0.39 is 18.0 Å². The molecule has 1 fully saturated rings. The van der Waals surface area contributed by atoms with Crippen LogP contribution in [0, 0.1) is 0 Å². The number of nitrogens with zero attached hydrogens (tertiary/aromatic N) is 2. The van der Waals surface area contributed by atoms with E-state index in [1.165, 1.54) is 11.7 Å². The smallest absolute Gasteiger partial charge is 0.351 e. The van der Waals surface area contributed by atoms with Crippen molar-refractivity contribution in [1.82, 2.24) is 9.55 Å². The molecule has 0 aromatic carbocycles. The van der Waals surface area contributed by atoms with E-state index in [4.69, 9.17) is 4.74 Å². The lowest BCUT2D eigenvalue weighted by Crippen LogP contribution is -2.31. The van der Waals surface area contributed by atoms with Crippen molar-refractivity contribution in [2.75, 3.05) is 12.4 Å². The molecule has 2 rings (SSSR count). The first-order valence-electron chi connectivity index (χ1n) is 9.40. The number of ether oxygens (including phenoxy) is 2. The number of unbranched alkanes of at least 4 members (excludes halogenated alkanes) is 1. The summed E-state index contributed by atoms with van der Waals surface area (Å²) in [5, 5.41) is 13.2. The molecule has 0 saturated carbocycles. The van der Waals surface area contributed by atoms with Crippen LogP contribution in [0.15, 0.2) is 28.8 Å². The van der Waals surface area contributed by atoms with E-state index in [9.17, 15) is 14.7 Å². The second-order valence-corrected chi connectivity index (χ2v) is 6.69. The number of carbonyl (C=O) groups is 1. The molecule has 1 aliphatic heterocycles. The molecular formula is C19H29N3O5. The van der Waals surface area contributed by atoms with Crippen LogP contribution in [0.3, 0.4) is 0 Å². The summed E-state index contributed by atoms with van der Waals surface area (Å²) in [5.41, 5.74) is 0.484. The van der Waals surface area contributed by atoms with Crippen LogP contribution in [-0.2, 0) is 14.3 Å². The Morgan fingerprint density at radius 3 is 2.81 bits per heavy atom. The number of carbonyl (C=O) groups excluding carboxylic acids is 1. The number of nitrogens with one attached hydrogen (secondary N) is 1. The van der Waals surface area contributed by atoms with E-state index in [2.05, 4.69) is 15.0 Å². The number of methoxy groups -OCH3 is 1. The standard InChI is InChI=1S/C19H29N3O5/c1-4-7-14(8-5-6-9-17(24)26-3)20-16-10-11-22(19(25)21-16)18-15(23)12-13(2)27-18/h7,10-11,13,15,18,23H,4-6,8-9,12H2,1-3H3,(H,20,21,25)/b14-7-. The number of esters is 1. The Labute approximate surface area is 159 Å². The molecule has 0 radical (unpaired) electrons. The number of allylic oxidation sites excluding steroid dienone is 2. The topological polar surface area (TPSA) is 103 Å². The maximum Gasteiger partial charge on any atom is 0.351 e. The van der Waals surface area contributed by atoms with Crippen LogP contribution in [0.1, 0.15) is 58.6 Å². The number of aliphatic hydroxyl groups is 1. The molecule has 0 spiro atoms. The molecular weight excluding hydrogens is 350 g/mol. The summed E-state index contributed by atoms with van der Waals surface area (Å²) in [7, 11) is 1.39. The third kappa shape index (κ3) is 6.18. The molecule has 1 aromatic rings. The van der Waals surface area contributed by atoms with Gasteiger partial charge in [-0.15, -0.1) is 0 Å². The minimum Gasteiger partial charge on any atom is -0.469 e. The van der Waals surface area contributed by atoms with E-state index in [1.807, 2.05) is 19.9 Å². The number of anilines is 1. The molecule has 1 aromatic heterocycles. The molecule has 1 aliphatic rings. The minimum absolute atomic E-state index is 0.0984. The van der Waals surface area contributed by atoms with E-state index in [0.29, 0.717) is 18.7 Å². The minimum atomic E-state index is -0.719. The summed E-state index contributed by atoms with van der Waals surface area (Å²) in [6.07, 6.45) is 6.15. The summed E-state index contributed by atoms with van der Waals surface area (Å²) in [4.78, 5) is 27.6. The zero-order valence-corrected chi connectivity index (χ0v) is 16.2. The van der Waals surface area contributed by atoms with Gasteiger partial charge in [0.15, 0.2) is 6.23 Å². The van der Waals surface area contributed by atoms with Crippen LogP contribution in [0.4, 0.5) is 5.82 Å². The number of hydrogen-bond donors (Lipinski definition) is 2. The molecule has 1 saturated heterocycles. The Bertz CT molecular complexity index is 716. The largest absolute Gasteiger partial charge is 0.469 e. The van der Waals surface area contributed by atoms with Gasteiger partial charge in [-0.1, -0.05) is 13.0 Å². The molecule has 8 heteroatoms. The number of aromatic nitrogens is 2. The van der Waals surface area contributed by atoms with E-state index in [-0.39, 0.29) is 12.1 Å². The lowest BCUT2D eigenvalue weighted by Gasteiger charge is -2.17. The van der Waals surface area contributed by atoms with E-state index >= 15 is 0 Å². The lowest BCUT2D eigenvalue weighted by atomic mass is 10.1. The Hall–Kier alpha value is -2.19. The van der Waals surface area contributed by atoms with Crippen LogP contribution < -0.4 is 11.0 Å². The first kappa shape index (κ1) is 21.1. The average molecular weight is 379 g/mol. The van der Waals surface area contributed by atoms with Gasteiger partial charge in [0.2, 0.25) is 0 Å². The Balaban J connectivity index is 1.98. The number of rotatable bonds is 9. The van der Waals surface area contributed by atoms with Gasteiger partial charge in [-0.2, -0.15) is 4.98 Å². The van der Waals surface area contributed by atoms with Gasteiger partial charge in [0.1, 0.15) is 11.9 Å². The fraction of sp³-hybridized carbons (Fsp3) is 0.632.